The first-order valence-electron chi connectivity index (χ1n) is 4.49. The van der Waals surface area contributed by atoms with Crippen molar-refractivity contribution in [2.75, 3.05) is 0 Å². The topological polar surface area (TPSA) is 20.2 Å². The van der Waals surface area contributed by atoms with Crippen LogP contribution in [0, 0.1) is 0 Å². The van der Waals surface area contributed by atoms with Gasteiger partial charge in [-0.15, -0.1) is 11.3 Å². The lowest BCUT2D eigenvalue weighted by atomic mass is 10.1. The number of alkyl halides is 3. The van der Waals surface area contributed by atoms with Gasteiger partial charge in [-0.2, -0.15) is 13.2 Å². The van der Waals surface area contributed by atoms with Gasteiger partial charge in [0.25, 0.3) is 0 Å². The molecule has 0 aromatic carbocycles. The molecule has 0 aliphatic rings. The van der Waals surface area contributed by atoms with E-state index in [-0.39, 0.29) is 12.8 Å². The molecule has 1 N–H and O–H groups in total. The molecule has 92 valence electrons. The predicted octanol–water partition coefficient (Wildman–Crippen LogP) is 5.04. The van der Waals surface area contributed by atoms with Gasteiger partial charge in [0.05, 0.1) is 9.89 Å². The van der Waals surface area contributed by atoms with Crippen molar-refractivity contribution < 1.29 is 18.3 Å². The highest BCUT2D eigenvalue weighted by molar-refractivity contribution is 9.13. The van der Waals surface area contributed by atoms with Crippen LogP contribution in [-0.2, 0) is 0 Å². The Kier molecular flexibility index (Phi) is 5.28. The molecule has 1 atom stereocenters. The van der Waals surface area contributed by atoms with Crippen molar-refractivity contribution in [1.82, 2.24) is 0 Å². The van der Waals surface area contributed by atoms with E-state index in [2.05, 4.69) is 31.9 Å². The Bertz CT molecular complexity index is 332. The smallest absolute Gasteiger partial charge is 0.388 e. The number of hydrogen-bond donors (Lipinski definition) is 1. The molecule has 0 aliphatic carbocycles. The van der Waals surface area contributed by atoms with Gasteiger partial charge in [0.2, 0.25) is 0 Å². The fourth-order valence-electron chi connectivity index (χ4n) is 1.17. The van der Waals surface area contributed by atoms with Crippen molar-refractivity contribution in [3.8, 4) is 0 Å². The van der Waals surface area contributed by atoms with Crippen molar-refractivity contribution >= 4 is 43.2 Å². The zero-order chi connectivity index (χ0) is 12.3. The van der Waals surface area contributed by atoms with Gasteiger partial charge < -0.3 is 5.11 Å². The zero-order valence-corrected chi connectivity index (χ0v) is 12.0. The van der Waals surface area contributed by atoms with Crippen LogP contribution >= 0.6 is 43.2 Å². The summed E-state index contributed by atoms with van der Waals surface area (Å²) >= 11 is 7.84. The van der Waals surface area contributed by atoms with Crippen LogP contribution in [0.25, 0.3) is 0 Å². The van der Waals surface area contributed by atoms with E-state index in [0.717, 1.165) is 8.26 Å². The second-order valence-corrected chi connectivity index (χ2v) is 6.55. The summed E-state index contributed by atoms with van der Waals surface area (Å²) in [6.07, 6.45) is -5.75. The first-order chi connectivity index (χ1) is 7.29. The molecule has 1 aromatic rings. The van der Waals surface area contributed by atoms with Crippen LogP contribution in [0.5, 0.6) is 0 Å². The van der Waals surface area contributed by atoms with E-state index >= 15 is 0 Å². The maximum absolute atomic E-state index is 11.9. The highest BCUT2D eigenvalue weighted by Crippen LogP contribution is 2.37. The molecule has 0 saturated heterocycles. The first kappa shape index (κ1) is 14.5. The molecule has 1 heterocycles. The van der Waals surface area contributed by atoms with E-state index in [1.54, 1.807) is 6.07 Å². The lowest BCUT2D eigenvalue weighted by molar-refractivity contribution is -0.136. The Hall–Kier alpha value is 0.410. The Labute approximate surface area is 112 Å². The number of aliphatic hydroxyl groups is 1. The highest BCUT2D eigenvalue weighted by Gasteiger charge is 2.26. The molecular weight excluding hydrogens is 373 g/mol. The van der Waals surface area contributed by atoms with Crippen LogP contribution in [0.3, 0.4) is 0 Å². The minimum absolute atomic E-state index is 0.0577. The van der Waals surface area contributed by atoms with Crippen LogP contribution in [0.4, 0.5) is 13.2 Å². The van der Waals surface area contributed by atoms with Crippen LogP contribution in [0.15, 0.2) is 14.3 Å². The van der Waals surface area contributed by atoms with Crippen molar-refractivity contribution in [3.05, 3.63) is 19.2 Å². The Balaban J connectivity index is 2.44. The number of rotatable bonds is 4. The molecule has 0 saturated carbocycles. The Morgan fingerprint density at radius 1 is 1.38 bits per heavy atom. The van der Waals surface area contributed by atoms with E-state index in [0.29, 0.717) is 4.88 Å². The number of aliphatic hydroxyl groups excluding tert-OH is 1. The summed E-state index contributed by atoms with van der Waals surface area (Å²) in [6.45, 7) is 0. The summed E-state index contributed by atoms with van der Waals surface area (Å²) in [4.78, 5) is 0.668. The second-order valence-electron chi connectivity index (χ2n) is 3.29. The summed E-state index contributed by atoms with van der Waals surface area (Å²) in [5.41, 5.74) is 0. The molecule has 0 aliphatic heterocycles. The SMILES string of the molecule is OC(CCCC(F)(F)F)c1cc(Br)c(Br)s1. The van der Waals surface area contributed by atoms with Gasteiger partial charge in [0, 0.05) is 15.8 Å². The van der Waals surface area contributed by atoms with Crippen LogP contribution in [0.2, 0.25) is 0 Å². The largest absolute Gasteiger partial charge is 0.389 e. The third-order valence-corrected chi connectivity index (χ3v) is 5.29. The fraction of sp³-hybridized carbons (Fsp3) is 0.556. The van der Waals surface area contributed by atoms with Gasteiger partial charge in [-0.05, 0) is 50.8 Å². The van der Waals surface area contributed by atoms with Gasteiger partial charge in [0.1, 0.15) is 0 Å². The van der Waals surface area contributed by atoms with Crippen molar-refractivity contribution in [1.29, 1.82) is 0 Å². The maximum atomic E-state index is 11.9. The number of thiophene rings is 1. The Morgan fingerprint density at radius 3 is 2.44 bits per heavy atom. The molecule has 0 radical (unpaired) electrons. The molecule has 1 unspecified atom stereocenters. The molecule has 16 heavy (non-hydrogen) atoms. The molecule has 1 nitrogen and oxygen atoms in total. The summed E-state index contributed by atoms with van der Waals surface area (Å²) < 4.78 is 37.3. The fourth-order valence-corrected chi connectivity index (χ4v) is 3.28. The summed E-state index contributed by atoms with van der Waals surface area (Å²) in [5.74, 6) is 0. The summed E-state index contributed by atoms with van der Waals surface area (Å²) in [7, 11) is 0. The van der Waals surface area contributed by atoms with Gasteiger partial charge in [0.15, 0.2) is 0 Å². The predicted molar refractivity (Wildman–Crippen MR) is 64.6 cm³/mol. The maximum Gasteiger partial charge on any atom is 0.389 e. The number of hydrogen-bond acceptors (Lipinski definition) is 2. The highest BCUT2D eigenvalue weighted by atomic mass is 79.9. The first-order valence-corrected chi connectivity index (χ1v) is 6.89. The zero-order valence-electron chi connectivity index (χ0n) is 8.02. The standard InChI is InChI=1S/C9H9Br2F3OS/c10-5-4-7(16-8(5)11)6(15)2-1-3-9(12,13)14/h4,6,15H,1-3H2. The lowest BCUT2D eigenvalue weighted by Crippen LogP contribution is -2.07. The normalized spacial score (nSPS) is 14.1. The van der Waals surface area contributed by atoms with E-state index < -0.39 is 18.7 Å². The minimum atomic E-state index is -4.14. The average Bonchev–Trinajstić information content (AvgIpc) is 2.45. The molecule has 7 heteroatoms. The van der Waals surface area contributed by atoms with Gasteiger partial charge >= 0.3 is 6.18 Å². The van der Waals surface area contributed by atoms with Crippen molar-refractivity contribution in [2.24, 2.45) is 0 Å². The number of halogens is 5. The third kappa shape index (κ3) is 4.73. The van der Waals surface area contributed by atoms with Crippen molar-refractivity contribution in [2.45, 2.75) is 31.5 Å². The van der Waals surface area contributed by atoms with E-state index in [1.165, 1.54) is 11.3 Å². The van der Waals surface area contributed by atoms with Crippen molar-refractivity contribution in [3.63, 3.8) is 0 Å². The molecule has 0 amide bonds. The molecule has 0 fully saturated rings. The van der Waals surface area contributed by atoms with E-state index in [4.69, 9.17) is 0 Å². The monoisotopic (exact) mass is 380 g/mol. The summed E-state index contributed by atoms with van der Waals surface area (Å²) in [5, 5.41) is 9.66. The molecule has 0 spiro atoms. The van der Waals surface area contributed by atoms with Crippen LogP contribution in [0.1, 0.15) is 30.2 Å². The molecule has 0 bridgehead atoms. The average molecular weight is 382 g/mol. The second kappa shape index (κ2) is 5.84. The minimum Gasteiger partial charge on any atom is -0.388 e. The van der Waals surface area contributed by atoms with Gasteiger partial charge in [-0.25, -0.2) is 0 Å². The van der Waals surface area contributed by atoms with Gasteiger partial charge in [-0.1, -0.05) is 0 Å². The quantitative estimate of drug-likeness (QED) is 0.774. The molecular formula is C9H9Br2F3OS. The van der Waals surface area contributed by atoms with E-state index in [1.807, 2.05) is 0 Å². The van der Waals surface area contributed by atoms with E-state index in [9.17, 15) is 18.3 Å². The van der Waals surface area contributed by atoms with Gasteiger partial charge in [-0.3, -0.25) is 0 Å². The lowest BCUT2D eigenvalue weighted by Gasteiger charge is -2.09. The van der Waals surface area contributed by atoms with Crippen LogP contribution < -0.4 is 0 Å². The third-order valence-electron chi connectivity index (χ3n) is 1.93. The van der Waals surface area contributed by atoms with Crippen LogP contribution in [-0.4, -0.2) is 11.3 Å². The summed E-state index contributed by atoms with van der Waals surface area (Å²) in [6, 6.07) is 1.72. The Morgan fingerprint density at radius 2 is 2.00 bits per heavy atom. The molecule has 1 rings (SSSR count). The molecule has 1 aromatic heterocycles.